The zero-order valence-electron chi connectivity index (χ0n) is 19.6. The largest absolute Gasteiger partial charge is 0.454 e. The van der Waals surface area contributed by atoms with Crippen molar-refractivity contribution in [2.24, 2.45) is 0 Å². The fourth-order valence-electron chi connectivity index (χ4n) is 4.16. The van der Waals surface area contributed by atoms with Crippen molar-refractivity contribution in [3.63, 3.8) is 0 Å². The van der Waals surface area contributed by atoms with Gasteiger partial charge in [0.2, 0.25) is 6.79 Å². The normalized spacial score (nSPS) is 14.4. The van der Waals surface area contributed by atoms with Gasteiger partial charge in [0.15, 0.2) is 18.1 Å². The summed E-state index contributed by atoms with van der Waals surface area (Å²) < 4.78 is 15.8. The Hall–Kier alpha value is -4.66. The minimum Gasteiger partial charge on any atom is -0.454 e. The number of fused-ring (bicyclic) bond motifs is 2. The lowest BCUT2D eigenvalue weighted by atomic mass is 10.1. The first kappa shape index (κ1) is 23.1. The van der Waals surface area contributed by atoms with Crippen LogP contribution in [0.5, 0.6) is 11.5 Å². The Morgan fingerprint density at radius 2 is 1.72 bits per heavy atom. The summed E-state index contributed by atoms with van der Waals surface area (Å²) in [5.41, 5.74) is 2.44. The van der Waals surface area contributed by atoms with E-state index >= 15 is 0 Å². The van der Waals surface area contributed by atoms with Crippen LogP contribution in [0.15, 0.2) is 60.7 Å². The number of rotatable bonds is 6. The van der Waals surface area contributed by atoms with Crippen LogP contribution in [-0.4, -0.2) is 37.1 Å². The third-order valence-corrected chi connectivity index (χ3v) is 6.09. The number of anilines is 1. The summed E-state index contributed by atoms with van der Waals surface area (Å²) in [4.78, 5) is 51.9. The number of aryl methyl sites for hydroxylation is 1. The van der Waals surface area contributed by atoms with Crippen LogP contribution in [0.1, 0.15) is 55.2 Å². The molecule has 182 valence electrons. The average Bonchev–Trinajstić information content (AvgIpc) is 3.44. The summed E-state index contributed by atoms with van der Waals surface area (Å²) in [6.45, 7) is 3.25. The second-order valence-corrected chi connectivity index (χ2v) is 8.47. The summed E-state index contributed by atoms with van der Waals surface area (Å²) in [5.74, 6) is -1.01. The van der Waals surface area contributed by atoms with Crippen molar-refractivity contribution in [2.45, 2.75) is 19.9 Å². The molecule has 0 saturated carbocycles. The van der Waals surface area contributed by atoms with Crippen LogP contribution in [0, 0.1) is 6.92 Å². The first-order chi connectivity index (χ1) is 17.3. The predicted octanol–water partition coefficient (Wildman–Crippen LogP) is 3.56. The summed E-state index contributed by atoms with van der Waals surface area (Å²) in [5, 5.41) is 2.76. The fraction of sp³-hybridized carbons (Fsp3) is 0.185. The number of amides is 3. The average molecular weight is 486 g/mol. The SMILES string of the molecule is Cc1ccccc1N1C(=O)c2ccc(C(=O)OCC(=O)NC(C)c3ccc4c(c3)OCO4)cc2C1=O. The Morgan fingerprint density at radius 3 is 2.53 bits per heavy atom. The fourth-order valence-corrected chi connectivity index (χ4v) is 4.16. The van der Waals surface area contributed by atoms with Crippen LogP contribution in [0.25, 0.3) is 0 Å². The van der Waals surface area contributed by atoms with Crippen molar-refractivity contribution < 1.29 is 33.4 Å². The van der Waals surface area contributed by atoms with Crippen LogP contribution in [0.4, 0.5) is 5.69 Å². The standard InChI is InChI=1S/C27H22N2O7/c1-15-5-3-4-6-21(15)29-25(31)19-9-7-18(11-20(19)26(29)32)27(33)34-13-24(30)28-16(2)17-8-10-22-23(12-17)36-14-35-22/h3-12,16H,13-14H2,1-2H3,(H,28,30). The van der Waals surface area contributed by atoms with Gasteiger partial charge in [-0.3, -0.25) is 14.4 Å². The Bertz CT molecular complexity index is 1410. The maximum atomic E-state index is 13.0. The lowest BCUT2D eigenvalue weighted by molar-refractivity contribution is -0.124. The Kier molecular flexibility index (Phi) is 5.89. The topological polar surface area (TPSA) is 111 Å². The first-order valence-corrected chi connectivity index (χ1v) is 11.3. The third-order valence-electron chi connectivity index (χ3n) is 6.09. The zero-order chi connectivity index (χ0) is 25.4. The minimum absolute atomic E-state index is 0.0677. The highest BCUT2D eigenvalue weighted by Gasteiger charge is 2.37. The van der Waals surface area contributed by atoms with Crippen molar-refractivity contribution in [3.05, 3.63) is 88.5 Å². The molecule has 2 heterocycles. The quantitative estimate of drug-likeness (QED) is 0.419. The number of benzene rings is 3. The Balaban J connectivity index is 1.22. The van der Waals surface area contributed by atoms with Crippen LogP contribution >= 0.6 is 0 Å². The molecule has 1 N–H and O–H groups in total. The van der Waals surface area contributed by atoms with Crippen molar-refractivity contribution in [1.29, 1.82) is 0 Å². The first-order valence-electron chi connectivity index (χ1n) is 11.3. The molecule has 0 spiro atoms. The van der Waals surface area contributed by atoms with Crippen LogP contribution < -0.4 is 19.7 Å². The molecular formula is C27H22N2O7. The van der Waals surface area contributed by atoms with E-state index in [1.54, 1.807) is 44.2 Å². The van der Waals surface area contributed by atoms with Crippen molar-refractivity contribution in [2.75, 3.05) is 18.3 Å². The smallest absolute Gasteiger partial charge is 0.338 e. The number of hydrogen-bond acceptors (Lipinski definition) is 7. The lowest BCUT2D eigenvalue weighted by Gasteiger charge is -2.16. The van der Waals surface area contributed by atoms with E-state index in [1.807, 2.05) is 12.1 Å². The van der Waals surface area contributed by atoms with E-state index in [-0.39, 0.29) is 29.5 Å². The summed E-state index contributed by atoms with van der Waals surface area (Å²) in [6.07, 6.45) is 0. The van der Waals surface area contributed by atoms with Gasteiger partial charge in [-0.25, -0.2) is 9.69 Å². The molecule has 0 saturated heterocycles. The monoisotopic (exact) mass is 486 g/mol. The molecular weight excluding hydrogens is 464 g/mol. The molecule has 9 heteroatoms. The third kappa shape index (κ3) is 4.15. The summed E-state index contributed by atoms with van der Waals surface area (Å²) in [6, 6.07) is 16.2. The molecule has 0 bridgehead atoms. The number of para-hydroxylation sites is 1. The van der Waals surface area contributed by atoms with Gasteiger partial charge in [-0.05, 0) is 61.4 Å². The molecule has 1 atom stereocenters. The van der Waals surface area contributed by atoms with Crippen LogP contribution in [0.3, 0.4) is 0 Å². The van der Waals surface area contributed by atoms with Gasteiger partial charge >= 0.3 is 5.97 Å². The number of nitrogens with one attached hydrogen (secondary N) is 1. The van der Waals surface area contributed by atoms with Gasteiger partial charge in [-0.1, -0.05) is 24.3 Å². The molecule has 3 aromatic rings. The molecule has 0 fully saturated rings. The molecule has 1 unspecified atom stereocenters. The molecule has 2 aliphatic heterocycles. The van der Waals surface area contributed by atoms with Gasteiger partial charge < -0.3 is 19.5 Å². The number of ether oxygens (including phenoxy) is 3. The molecule has 0 aliphatic carbocycles. The Morgan fingerprint density at radius 1 is 0.972 bits per heavy atom. The van der Waals surface area contributed by atoms with Gasteiger partial charge in [-0.15, -0.1) is 0 Å². The van der Waals surface area contributed by atoms with E-state index in [4.69, 9.17) is 14.2 Å². The van der Waals surface area contributed by atoms with Crippen molar-refractivity contribution in [3.8, 4) is 11.5 Å². The van der Waals surface area contributed by atoms with E-state index in [0.717, 1.165) is 16.0 Å². The predicted molar refractivity (Wildman–Crippen MR) is 128 cm³/mol. The number of carbonyl (C=O) groups is 4. The zero-order valence-corrected chi connectivity index (χ0v) is 19.6. The second kappa shape index (κ2) is 9.18. The summed E-state index contributed by atoms with van der Waals surface area (Å²) in [7, 11) is 0. The van der Waals surface area contributed by atoms with E-state index in [1.165, 1.54) is 18.2 Å². The maximum Gasteiger partial charge on any atom is 0.338 e. The second-order valence-electron chi connectivity index (χ2n) is 8.47. The molecule has 2 aliphatic rings. The number of esters is 1. The van der Waals surface area contributed by atoms with Gasteiger partial charge in [-0.2, -0.15) is 0 Å². The van der Waals surface area contributed by atoms with Gasteiger partial charge in [0.1, 0.15) is 0 Å². The van der Waals surface area contributed by atoms with Crippen LogP contribution in [0.2, 0.25) is 0 Å². The molecule has 5 rings (SSSR count). The maximum absolute atomic E-state index is 13.0. The molecule has 36 heavy (non-hydrogen) atoms. The summed E-state index contributed by atoms with van der Waals surface area (Å²) >= 11 is 0. The van der Waals surface area contributed by atoms with Gasteiger partial charge in [0.25, 0.3) is 17.7 Å². The van der Waals surface area contributed by atoms with Gasteiger partial charge in [0, 0.05) is 0 Å². The number of carbonyl (C=O) groups excluding carboxylic acids is 4. The highest BCUT2D eigenvalue weighted by molar-refractivity contribution is 6.34. The molecule has 3 aromatic carbocycles. The number of imide groups is 1. The molecule has 0 radical (unpaired) electrons. The number of nitrogens with zero attached hydrogens (tertiary/aromatic N) is 1. The van der Waals surface area contributed by atoms with Crippen LogP contribution in [-0.2, 0) is 9.53 Å². The van der Waals surface area contributed by atoms with Gasteiger partial charge in [0.05, 0.1) is 28.4 Å². The van der Waals surface area contributed by atoms with Crippen molar-refractivity contribution >= 4 is 29.4 Å². The molecule has 9 nitrogen and oxygen atoms in total. The number of hydrogen-bond donors (Lipinski definition) is 1. The van der Waals surface area contributed by atoms with E-state index in [2.05, 4.69) is 5.32 Å². The molecule has 0 aromatic heterocycles. The highest BCUT2D eigenvalue weighted by Crippen LogP contribution is 2.34. The molecule has 3 amide bonds. The highest BCUT2D eigenvalue weighted by atomic mass is 16.7. The van der Waals surface area contributed by atoms with Crippen molar-refractivity contribution in [1.82, 2.24) is 5.32 Å². The Labute approximate surface area is 206 Å². The lowest BCUT2D eigenvalue weighted by Crippen LogP contribution is -2.31. The van der Waals surface area contributed by atoms with E-state index < -0.39 is 30.3 Å². The van der Waals surface area contributed by atoms with E-state index in [9.17, 15) is 19.2 Å². The van der Waals surface area contributed by atoms with E-state index in [0.29, 0.717) is 17.2 Å². The minimum atomic E-state index is -0.779.